The largest absolute Gasteiger partial charge is 0.461 e. The van der Waals surface area contributed by atoms with Crippen molar-refractivity contribution in [3.63, 3.8) is 0 Å². The summed E-state index contributed by atoms with van der Waals surface area (Å²) in [4.78, 5) is 136. The second-order valence-electron chi connectivity index (χ2n) is 13.2. The van der Waals surface area contributed by atoms with Crippen LogP contribution in [0.2, 0.25) is 0 Å². The van der Waals surface area contributed by atoms with E-state index >= 15 is 0 Å². The quantitative estimate of drug-likeness (QED) is 0.0306. The van der Waals surface area contributed by atoms with Gasteiger partial charge in [0.1, 0.15) is 6.61 Å². The molecule has 2 aliphatic heterocycles. The smallest absolute Gasteiger partial charge is 0.344 e. The van der Waals surface area contributed by atoms with E-state index in [9.17, 15) is 52.7 Å². The minimum absolute atomic E-state index is 0.0348. The fraction of sp³-hybridized carbons (Fsp3) is 0.703. The number of methoxy groups -OCH3 is 1. The number of ether oxygens (including phenoxy) is 12. The van der Waals surface area contributed by atoms with Gasteiger partial charge in [-0.25, -0.2) is 38.4 Å². The summed E-state index contributed by atoms with van der Waals surface area (Å²) in [5.74, 6) is -10.6. The molecular formula is C37H54N4O23. The number of carbonyl (C=O) groups excluding carboxylic acids is 11. The van der Waals surface area contributed by atoms with Crippen LogP contribution in [-0.4, -0.2) is 232 Å². The molecule has 0 amide bonds. The lowest BCUT2D eigenvalue weighted by atomic mass is 10.2. The van der Waals surface area contributed by atoms with Crippen molar-refractivity contribution < 1.29 is 110 Å². The maximum atomic E-state index is 12.1. The van der Waals surface area contributed by atoms with Crippen molar-refractivity contribution in [1.82, 2.24) is 20.0 Å². The standard InChI is InChI=1S/C37H54N4O23/c1-53-16-17-54-30(45)18-56-32(47)20-58-34(49)22-60-36(51)24-62-37(52)25-61-35(50)23-59-33(48)21-57-31(46)19-55-27(42)2-8-40-12-14-41(15-13-40)9-4-29(44)64-26-63-28(43)3-7-39-10-5-38-6-11-39/h38H,2-26H2,1H3. The van der Waals surface area contributed by atoms with Crippen molar-refractivity contribution in [1.29, 1.82) is 0 Å². The van der Waals surface area contributed by atoms with Crippen LogP contribution < -0.4 is 5.32 Å². The molecular weight excluding hydrogens is 868 g/mol. The lowest BCUT2D eigenvalue weighted by molar-refractivity contribution is -0.172. The Morgan fingerprint density at radius 3 is 0.922 bits per heavy atom. The zero-order valence-electron chi connectivity index (χ0n) is 35.4. The first-order valence-electron chi connectivity index (χ1n) is 19.8. The normalized spacial score (nSPS) is 14.1. The molecule has 64 heavy (non-hydrogen) atoms. The third-order valence-electron chi connectivity index (χ3n) is 8.37. The molecule has 27 nitrogen and oxygen atoms in total. The average molecular weight is 923 g/mol. The van der Waals surface area contributed by atoms with Gasteiger partial charge in [0.05, 0.1) is 25.9 Å². The van der Waals surface area contributed by atoms with E-state index in [0.29, 0.717) is 45.8 Å². The molecule has 0 aromatic heterocycles. The number of carbonyl (C=O) groups is 11. The third-order valence-corrected chi connectivity index (χ3v) is 8.37. The van der Waals surface area contributed by atoms with E-state index < -0.39 is 125 Å². The summed E-state index contributed by atoms with van der Waals surface area (Å²) in [5.41, 5.74) is 0. The monoisotopic (exact) mass is 922 g/mol. The Morgan fingerprint density at radius 2 is 0.609 bits per heavy atom. The Labute approximate surface area is 366 Å². The second kappa shape index (κ2) is 32.6. The highest BCUT2D eigenvalue weighted by Gasteiger charge is 2.21. The van der Waals surface area contributed by atoms with E-state index in [2.05, 4.69) is 57.7 Å². The number of esters is 11. The summed E-state index contributed by atoms with van der Waals surface area (Å²) in [7, 11) is 1.39. The first kappa shape index (κ1) is 54.1. The minimum Gasteiger partial charge on any atom is -0.461 e. The molecule has 27 heteroatoms. The molecule has 2 heterocycles. The van der Waals surface area contributed by atoms with Crippen molar-refractivity contribution >= 4 is 65.7 Å². The molecule has 0 bridgehead atoms. The minimum atomic E-state index is -1.23. The van der Waals surface area contributed by atoms with E-state index in [0.717, 1.165) is 26.2 Å². The van der Waals surface area contributed by atoms with Crippen molar-refractivity contribution in [3.8, 4) is 0 Å². The summed E-state index contributed by atoms with van der Waals surface area (Å²) >= 11 is 0. The molecule has 0 aromatic rings. The lowest BCUT2D eigenvalue weighted by Gasteiger charge is -2.34. The number of nitrogens with zero attached hydrogens (tertiary/aromatic N) is 3. The molecule has 2 rings (SSSR count). The van der Waals surface area contributed by atoms with E-state index in [1.807, 2.05) is 4.90 Å². The number of nitrogens with one attached hydrogen (secondary N) is 1. The maximum Gasteiger partial charge on any atom is 0.344 e. The second-order valence-corrected chi connectivity index (χ2v) is 13.2. The van der Waals surface area contributed by atoms with Gasteiger partial charge in [-0.05, 0) is 0 Å². The zero-order chi connectivity index (χ0) is 47.0. The Morgan fingerprint density at radius 1 is 0.344 bits per heavy atom. The summed E-state index contributed by atoms with van der Waals surface area (Å²) in [6.45, 7) is -0.370. The highest BCUT2D eigenvalue weighted by Crippen LogP contribution is 2.05. The van der Waals surface area contributed by atoms with Gasteiger partial charge < -0.3 is 76.9 Å². The summed E-state index contributed by atoms with van der Waals surface area (Å²) < 4.78 is 55.9. The predicted molar refractivity (Wildman–Crippen MR) is 204 cm³/mol. The molecule has 0 unspecified atom stereocenters. The van der Waals surface area contributed by atoms with Gasteiger partial charge in [0.25, 0.3) is 0 Å². The Bertz CT molecular complexity index is 1560. The van der Waals surface area contributed by atoms with Crippen LogP contribution in [0.3, 0.4) is 0 Å². The first-order valence-corrected chi connectivity index (χ1v) is 19.8. The van der Waals surface area contributed by atoms with Gasteiger partial charge in [-0.2, -0.15) is 0 Å². The van der Waals surface area contributed by atoms with Crippen molar-refractivity contribution in [2.24, 2.45) is 0 Å². The van der Waals surface area contributed by atoms with Crippen molar-refractivity contribution in [3.05, 3.63) is 0 Å². The Kier molecular flexibility index (Phi) is 27.6. The zero-order valence-corrected chi connectivity index (χ0v) is 35.4. The van der Waals surface area contributed by atoms with Crippen molar-refractivity contribution in [2.45, 2.75) is 19.3 Å². The van der Waals surface area contributed by atoms with E-state index in [1.165, 1.54) is 7.11 Å². The van der Waals surface area contributed by atoms with Crippen LogP contribution in [0.1, 0.15) is 19.3 Å². The number of hydrogen-bond donors (Lipinski definition) is 1. The molecule has 1 N–H and O–H groups in total. The van der Waals surface area contributed by atoms with Crippen LogP contribution in [0.25, 0.3) is 0 Å². The molecule has 0 aliphatic carbocycles. The number of hydrogen-bond acceptors (Lipinski definition) is 27. The van der Waals surface area contributed by atoms with Gasteiger partial charge in [-0.1, -0.05) is 0 Å². The maximum absolute atomic E-state index is 12.1. The fourth-order valence-electron chi connectivity index (χ4n) is 4.98. The molecule has 2 aliphatic rings. The molecule has 0 aromatic carbocycles. The first-order chi connectivity index (χ1) is 30.7. The highest BCUT2D eigenvalue weighted by molar-refractivity contribution is 5.83. The Hall–Kier alpha value is -6.03. The SMILES string of the molecule is COCCOC(=O)COC(=O)COC(=O)COC(=O)COC(=O)COC(=O)COC(=O)COC(=O)COC(=O)CCN1CCN(CCC(=O)OCOC(=O)CCN2CCNCC2)CC1. The molecule has 0 spiro atoms. The van der Waals surface area contributed by atoms with Gasteiger partial charge in [-0.3, -0.25) is 14.4 Å². The van der Waals surface area contributed by atoms with E-state index in [1.54, 1.807) is 0 Å². The van der Waals surface area contributed by atoms with Gasteiger partial charge in [0.15, 0.2) is 52.9 Å². The van der Waals surface area contributed by atoms with Gasteiger partial charge in [0, 0.05) is 79.1 Å². The highest BCUT2D eigenvalue weighted by atomic mass is 16.7. The molecule has 0 saturated carbocycles. The average Bonchev–Trinajstić information content (AvgIpc) is 3.29. The molecule has 0 radical (unpaired) electrons. The summed E-state index contributed by atoms with van der Waals surface area (Å²) in [6, 6.07) is 0. The predicted octanol–water partition coefficient (Wildman–Crippen LogP) is -4.74. The summed E-state index contributed by atoms with van der Waals surface area (Å²) in [5, 5.41) is 3.23. The van der Waals surface area contributed by atoms with Gasteiger partial charge >= 0.3 is 65.7 Å². The number of piperazine rings is 2. The van der Waals surface area contributed by atoms with Crippen LogP contribution in [0.5, 0.6) is 0 Å². The fourth-order valence-corrected chi connectivity index (χ4v) is 4.98. The summed E-state index contributed by atoms with van der Waals surface area (Å²) in [6.07, 6.45) is 0.302. The van der Waals surface area contributed by atoms with E-state index in [4.69, 9.17) is 14.2 Å². The van der Waals surface area contributed by atoms with Crippen LogP contribution in [0.15, 0.2) is 0 Å². The van der Waals surface area contributed by atoms with Gasteiger partial charge in [0.2, 0.25) is 6.79 Å². The molecule has 2 fully saturated rings. The third kappa shape index (κ3) is 27.8. The molecule has 0 atom stereocenters. The lowest BCUT2D eigenvalue weighted by Crippen LogP contribution is -2.47. The molecule has 2 saturated heterocycles. The van der Waals surface area contributed by atoms with Crippen LogP contribution in [0, 0.1) is 0 Å². The van der Waals surface area contributed by atoms with E-state index in [-0.39, 0.29) is 32.5 Å². The van der Waals surface area contributed by atoms with Gasteiger partial charge in [-0.15, -0.1) is 0 Å². The molecule has 360 valence electrons. The van der Waals surface area contributed by atoms with Crippen molar-refractivity contribution in [2.75, 3.05) is 152 Å². The Balaban J connectivity index is 1.42. The topological polar surface area (TPSA) is 320 Å². The van der Waals surface area contributed by atoms with Crippen LogP contribution >= 0.6 is 0 Å². The number of rotatable bonds is 30. The van der Waals surface area contributed by atoms with Crippen LogP contribution in [-0.2, 0) is 110 Å². The van der Waals surface area contributed by atoms with Crippen LogP contribution in [0.4, 0.5) is 0 Å².